The summed E-state index contributed by atoms with van der Waals surface area (Å²) in [6.07, 6.45) is 1.10. The van der Waals surface area contributed by atoms with Crippen molar-refractivity contribution in [3.8, 4) is 0 Å². The number of alkyl halides is 1. The van der Waals surface area contributed by atoms with Gasteiger partial charge in [0.2, 0.25) is 0 Å². The Hall–Kier alpha value is -0.350. The van der Waals surface area contributed by atoms with Crippen LogP contribution in [0, 0.1) is 12.8 Å². The zero-order valence-electron chi connectivity index (χ0n) is 9.75. The Labute approximate surface area is 119 Å². The lowest BCUT2D eigenvalue weighted by Gasteiger charge is -2.16. The van der Waals surface area contributed by atoms with Gasteiger partial charge < -0.3 is 4.90 Å². The number of rotatable bonds is 2. The molecule has 0 saturated carbocycles. The zero-order valence-corrected chi connectivity index (χ0v) is 12.9. The summed E-state index contributed by atoms with van der Waals surface area (Å²) in [5, 5.41) is 0.981. The molecule has 1 aromatic rings. The third-order valence-corrected chi connectivity index (χ3v) is 4.98. The molecule has 1 amide bonds. The van der Waals surface area contributed by atoms with Gasteiger partial charge in [0, 0.05) is 28.5 Å². The lowest BCUT2D eigenvalue weighted by atomic mass is 10.1. The van der Waals surface area contributed by atoms with E-state index < -0.39 is 0 Å². The highest BCUT2D eigenvalue weighted by Gasteiger charge is 2.26. The molecule has 2 rings (SSSR count). The van der Waals surface area contributed by atoms with Crippen LogP contribution in [0.1, 0.15) is 22.3 Å². The van der Waals surface area contributed by atoms with Crippen LogP contribution < -0.4 is 0 Å². The lowest BCUT2D eigenvalue weighted by Crippen LogP contribution is -2.28. The molecule has 0 radical (unpaired) electrons. The summed E-state index contributed by atoms with van der Waals surface area (Å²) >= 11 is 6.95. The molecule has 0 bridgehead atoms. The Morgan fingerprint density at radius 3 is 2.88 bits per heavy atom. The summed E-state index contributed by atoms with van der Waals surface area (Å²) in [4.78, 5) is 14.2. The van der Waals surface area contributed by atoms with Crippen molar-refractivity contribution >= 4 is 37.8 Å². The zero-order chi connectivity index (χ0) is 12.4. The molecule has 0 N–H and O–H groups in total. The second-order valence-electron chi connectivity index (χ2n) is 4.52. The largest absolute Gasteiger partial charge is 0.338 e. The molecular formula is C13H15Br2NO. The Kier molecular flexibility index (Phi) is 4.26. The summed E-state index contributed by atoms with van der Waals surface area (Å²) in [6.45, 7) is 3.77. The second-order valence-corrected chi connectivity index (χ2v) is 6.03. The molecule has 4 heteroatoms. The second kappa shape index (κ2) is 5.53. The fourth-order valence-corrected chi connectivity index (χ4v) is 2.96. The Morgan fingerprint density at radius 2 is 2.29 bits per heavy atom. The average molecular weight is 361 g/mol. The van der Waals surface area contributed by atoms with Crippen LogP contribution in [-0.2, 0) is 0 Å². The third-order valence-electron chi connectivity index (χ3n) is 3.21. The summed E-state index contributed by atoms with van der Waals surface area (Å²) in [5.74, 6) is 0.752. The van der Waals surface area contributed by atoms with Gasteiger partial charge >= 0.3 is 0 Å². The van der Waals surface area contributed by atoms with Gasteiger partial charge in [0.05, 0.1) is 0 Å². The van der Waals surface area contributed by atoms with E-state index in [9.17, 15) is 4.79 Å². The number of carbonyl (C=O) groups is 1. The van der Waals surface area contributed by atoms with Gasteiger partial charge in [0.15, 0.2) is 0 Å². The number of amides is 1. The number of halogens is 2. The molecule has 1 aliphatic heterocycles. The molecule has 0 aromatic heterocycles. The Morgan fingerprint density at radius 1 is 1.53 bits per heavy atom. The van der Waals surface area contributed by atoms with Crippen LogP contribution >= 0.6 is 31.9 Å². The number of aryl methyl sites for hydroxylation is 1. The van der Waals surface area contributed by atoms with Crippen LogP contribution in [0.5, 0.6) is 0 Å². The normalized spacial score (nSPS) is 19.7. The van der Waals surface area contributed by atoms with E-state index in [0.29, 0.717) is 5.92 Å². The monoisotopic (exact) mass is 359 g/mol. The van der Waals surface area contributed by atoms with Gasteiger partial charge in [-0.1, -0.05) is 37.9 Å². The predicted octanol–water partition coefficient (Wildman–Crippen LogP) is 3.61. The molecule has 2 nitrogen and oxygen atoms in total. The van der Waals surface area contributed by atoms with Crippen molar-refractivity contribution in [1.29, 1.82) is 0 Å². The van der Waals surface area contributed by atoms with Crippen molar-refractivity contribution in [2.45, 2.75) is 13.3 Å². The Balaban J connectivity index is 2.12. The Bertz CT molecular complexity index is 433. The van der Waals surface area contributed by atoms with Crippen molar-refractivity contribution in [1.82, 2.24) is 4.90 Å². The van der Waals surface area contributed by atoms with Crippen molar-refractivity contribution in [2.24, 2.45) is 5.92 Å². The molecule has 0 spiro atoms. The average Bonchev–Trinajstić information content (AvgIpc) is 2.80. The minimum Gasteiger partial charge on any atom is -0.338 e. The van der Waals surface area contributed by atoms with E-state index in [1.54, 1.807) is 0 Å². The molecule has 1 aromatic carbocycles. The predicted molar refractivity (Wildman–Crippen MR) is 76.7 cm³/mol. The van der Waals surface area contributed by atoms with Crippen molar-refractivity contribution in [3.63, 3.8) is 0 Å². The standard InChI is InChI=1S/C13H15Br2NO/c1-9-2-3-11(6-12(9)15)13(17)16-5-4-10(7-14)8-16/h2-3,6,10H,4-5,7-8H2,1H3. The topological polar surface area (TPSA) is 20.3 Å². The molecule has 17 heavy (non-hydrogen) atoms. The number of likely N-dealkylation sites (tertiary alicyclic amines) is 1. The maximum Gasteiger partial charge on any atom is 0.253 e. The molecule has 1 fully saturated rings. The van der Waals surface area contributed by atoms with Crippen LogP contribution in [0.4, 0.5) is 0 Å². The van der Waals surface area contributed by atoms with E-state index in [1.807, 2.05) is 30.0 Å². The van der Waals surface area contributed by atoms with Gasteiger partial charge in [0.25, 0.3) is 5.91 Å². The molecule has 1 unspecified atom stereocenters. The first-order valence-electron chi connectivity index (χ1n) is 5.73. The maximum absolute atomic E-state index is 12.3. The summed E-state index contributed by atoms with van der Waals surface area (Å²) in [7, 11) is 0. The van der Waals surface area contributed by atoms with E-state index in [-0.39, 0.29) is 5.91 Å². The van der Waals surface area contributed by atoms with Gasteiger partial charge in [-0.15, -0.1) is 0 Å². The first-order chi connectivity index (χ1) is 8.11. The fourth-order valence-electron chi connectivity index (χ4n) is 2.05. The fraction of sp³-hybridized carbons (Fsp3) is 0.462. The first-order valence-corrected chi connectivity index (χ1v) is 7.64. The SMILES string of the molecule is Cc1ccc(C(=O)N2CCC(CBr)C2)cc1Br. The van der Waals surface area contributed by atoms with Gasteiger partial charge in [-0.2, -0.15) is 0 Å². The maximum atomic E-state index is 12.3. The van der Waals surface area contributed by atoms with Gasteiger partial charge in [-0.05, 0) is 37.0 Å². The van der Waals surface area contributed by atoms with Gasteiger partial charge in [-0.25, -0.2) is 0 Å². The third kappa shape index (κ3) is 2.91. The molecule has 1 heterocycles. The number of carbonyl (C=O) groups excluding carboxylic acids is 1. The summed E-state index contributed by atoms with van der Waals surface area (Å²) < 4.78 is 1.000. The van der Waals surface area contributed by atoms with Crippen LogP contribution in [0.3, 0.4) is 0 Å². The molecule has 0 aliphatic carbocycles. The molecule has 1 atom stereocenters. The summed E-state index contributed by atoms with van der Waals surface area (Å²) in [6, 6.07) is 5.80. The minimum atomic E-state index is 0.147. The number of hydrogen-bond donors (Lipinski definition) is 0. The van der Waals surface area contributed by atoms with Crippen LogP contribution in [0.2, 0.25) is 0 Å². The smallest absolute Gasteiger partial charge is 0.253 e. The van der Waals surface area contributed by atoms with Gasteiger partial charge in [0.1, 0.15) is 0 Å². The number of benzene rings is 1. The van der Waals surface area contributed by atoms with Crippen molar-refractivity contribution < 1.29 is 4.79 Å². The number of hydrogen-bond acceptors (Lipinski definition) is 1. The van der Waals surface area contributed by atoms with E-state index in [0.717, 1.165) is 40.4 Å². The lowest BCUT2D eigenvalue weighted by molar-refractivity contribution is 0.0788. The quantitative estimate of drug-likeness (QED) is 0.737. The first kappa shape index (κ1) is 13.1. The van der Waals surface area contributed by atoms with Crippen LogP contribution in [0.15, 0.2) is 22.7 Å². The van der Waals surface area contributed by atoms with Crippen molar-refractivity contribution in [2.75, 3.05) is 18.4 Å². The van der Waals surface area contributed by atoms with E-state index in [4.69, 9.17) is 0 Å². The van der Waals surface area contributed by atoms with E-state index >= 15 is 0 Å². The molecular weight excluding hydrogens is 346 g/mol. The van der Waals surface area contributed by atoms with E-state index in [1.165, 1.54) is 0 Å². The number of nitrogens with zero attached hydrogens (tertiary/aromatic N) is 1. The van der Waals surface area contributed by atoms with Crippen LogP contribution in [0.25, 0.3) is 0 Å². The molecule has 1 aliphatic rings. The van der Waals surface area contributed by atoms with Crippen molar-refractivity contribution in [3.05, 3.63) is 33.8 Å². The highest BCUT2D eigenvalue weighted by Crippen LogP contribution is 2.23. The highest BCUT2D eigenvalue weighted by atomic mass is 79.9. The molecule has 92 valence electrons. The van der Waals surface area contributed by atoms with Gasteiger partial charge in [-0.3, -0.25) is 4.79 Å². The minimum absolute atomic E-state index is 0.147. The highest BCUT2D eigenvalue weighted by molar-refractivity contribution is 9.10. The molecule has 1 saturated heterocycles. The summed E-state index contributed by atoms with van der Waals surface area (Å²) in [5.41, 5.74) is 1.93. The van der Waals surface area contributed by atoms with E-state index in [2.05, 4.69) is 31.9 Å². The van der Waals surface area contributed by atoms with Crippen LogP contribution in [-0.4, -0.2) is 29.2 Å².